The molecular weight excluding hydrogens is 328 g/mol. The van der Waals surface area contributed by atoms with Gasteiger partial charge in [0, 0.05) is 30.9 Å². The minimum Gasteiger partial charge on any atom is -0.339 e. The number of nitrogens with zero attached hydrogens (tertiary/aromatic N) is 4. The predicted octanol–water partition coefficient (Wildman–Crippen LogP) is 3.10. The van der Waals surface area contributed by atoms with Gasteiger partial charge in [0.25, 0.3) is 5.91 Å². The smallest absolute Gasteiger partial charge is 0.255 e. The second kappa shape index (κ2) is 6.71. The Balaban J connectivity index is 1.64. The number of benzene rings is 1. The van der Waals surface area contributed by atoms with Gasteiger partial charge in [-0.15, -0.1) is 0 Å². The highest BCUT2D eigenvalue weighted by Crippen LogP contribution is 2.39. The van der Waals surface area contributed by atoms with Crippen molar-refractivity contribution in [1.29, 1.82) is 0 Å². The van der Waals surface area contributed by atoms with E-state index in [1.54, 1.807) is 13.1 Å². The van der Waals surface area contributed by atoms with E-state index >= 15 is 0 Å². The van der Waals surface area contributed by atoms with Crippen LogP contribution in [0.1, 0.15) is 45.2 Å². The Labute approximate surface area is 151 Å². The standard InChI is InChI=1S/C20H20N4O2/c1-13-8-9-16(10-21-13)20(25)24-11-17(15-6-4-3-5-7-15)18(12-24)19-22-14(2)23-26-19/h3-10,17-18H,11-12H2,1-2H3/t17-,18+/m1/s1. The van der Waals surface area contributed by atoms with Gasteiger partial charge >= 0.3 is 0 Å². The maximum atomic E-state index is 12.9. The topological polar surface area (TPSA) is 72.1 Å². The van der Waals surface area contributed by atoms with Crippen LogP contribution in [-0.4, -0.2) is 39.0 Å². The fourth-order valence-corrected chi connectivity index (χ4v) is 3.50. The number of aromatic nitrogens is 3. The van der Waals surface area contributed by atoms with E-state index in [0.29, 0.717) is 30.4 Å². The third-order valence-corrected chi connectivity index (χ3v) is 4.85. The normalized spacial score (nSPS) is 19.7. The number of hydrogen-bond acceptors (Lipinski definition) is 5. The van der Waals surface area contributed by atoms with Crippen LogP contribution >= 0.6 is 0 Å². The summed E-state index contributed by atoms with van der Waals surface area (Å²) in [6.45, 7) is 4.88. The number of aryl methyl sites for hydroxylation is 2. The van der Waals surface area contributed by atoms with Crippen LogP contribution < -0.4 is 0 Å². The highest BCUT2D eigenvalue weighted by molar-refractivity contribution is 5.94. The lowest BCUT2D eigenvalue weighted by Gasteiger charge is -2.16. The Bertz CT molecular complexity index is 905. The van der Waals surface area contributed by atoms with Crippen molar-refractivity contribution in [3.8, 4) is 0 Å². The first-order chi connectivity index (χ1) is 12.6. The Morgan fingerprint density at radius 3 is 2.50 bits per heavy atom. The number of rotatable bonds is 3. The monoisotopic (exact) mass is 348 g/mol. The summed E-state index contributed by atoms with van der Waals surface area (Å²) < 4.78 is 5.44. The minimum atomic E-state index is -0.0165. The number of carbonyl (C=O) groups is 1. The number of amides is 1. The Morgan fingerprint density at radius 2 is 1.85 bits per heavy atom. The van der Waals surface area contributed by atoms with Gasteiger partial charge in [-0.2, -0.15) is 4.98 Å². The third-order valence-electron chi connectivity index (χ3n) is 4.85. The van der Waals surface area contributed by atoms with Crippen molar-refractivity contribution in [1.82, 2.24) is 20.0 Å². The van der Waals surface area contributed by atoms with Crippen LogP contribution in [0.15, 0.2) is 53.2 Å². The summed E-state index contributed by atoms with van der Waals surface area (Å²) in [7, 11) is 0. The van der Waals surface area contributed by atoms with Crippen molar-refractivity contribution in [2.24, 2.45) is 0 Å². The molecule has 1 aliphatic heterocycles. The van der Waals surface area contributed by atoms with Gasteiger partial charge in [-0.1, -0.05) is 35.5 Å². The zero-order valence-corrected chi connectivity index (χ0v) is 14.8. The van der Waals surface area contributed by atoms with Gasteiger partial charge in [0.05, 0.1) is 11.5 Å². The SMILES string of the molecule is Cc1ccc(C(=O)N2C[C@H](c3ccccc3)[C@@H](c3nc(C)no3)C2)cn1. The highest BCUT2D eigenvalue weighted by Gasteiger charge is 2.40. The fraction of sp³-hybridized carbons (Fsp3) is 0.300. The molecule has 1 fully saturated rings. The first-order valence-electron chi connectivity index (χ1n) is 8.69. The average molecular weight is 348 g/mol. The first-order valence-corrected chi connectivity index (χ1v) is 8.69. The zero-order valence-electron chi connectivity index (χ0n) is 14.8. The number of likely N-dealkylation sites (tertiary alicyclic amines) is 1. The highest BCUT2D eigenvalue weighted by atomic mass is 16.5. The van der Waals surface area contributed by atoms with Crippen molar-refractivity contribution in [2.45, 2.75) is 25.7 Å². The molecule has 1 aliphatic rings. The van der Waals surface area contributed by atoms with Crippen molar-refractivity contribution in [3.05, 3.63) is 77.2 Å². The first kappa shape index (κ1) is 16.4. The van der Waals surface area contributed by atoms with Crippen LogP contribution in [0.25, 0.3) is 0 Å². The van der Waals surface area contributed by atoms with Crippen molar-refractivity contribution >= 4 is 5.91 Å². The van der Waals surface area contributed by atoms with E-state index in [1.165, 1.54) is 5.56 Å². The summed E-state index contributed by atoms with van der Waals surface area (Å²) in [5.74, 6) is 1.30. The lowest BCUT2D eigenvalue weighted by Crippen LogP contribution is -2.29. The predicted molar refractivity (Wildman–Crippen MR) is 95.8 cm³/mol. The summed E-state index contributed by atoms with van der Waals surface area (Å²) in [5, 5.41) is 3.93. The van der Waals surface area contributed by atoms with Gasteiger partial charge in [-0.25, -0.2) is 0 Å². The molecule has 0 bridgehead atoms. The molecule has 0 N–H and O–H groups in total. The molecule has 0 spiro atoms. The molecule has 1 saturated heterocycles. The maximum Gasteiger partial charge on any atom is 0.255 e. The minimum absolute atomic E-state index is 0.0130. The molecule has 2 aromatic heterocycles. The van der Waals surface area contributed by atoms with Gasteiger partial charge in [0.1, 0.15) is 0 Å². The van der Waals surface area contributed by atoms with E-state index in [0.717, 1.165) is 5.69 Å². The molecule has 0 aliphatic carbocycles. The van der Waals surface area contributed by atoms with Crippen molar-refractivity contribution < 1.29 is 9.32 Å². The molecule has 1 aromatic carbocycles. The molecule has 0 saturated carbocycles. The quantitative estimate of drug-likeness (QED) is 0.727. The molecular formula is C20H20N4O2. The largest absolute Gasteiger partial charge is 0.339 e. The van der Waals surface area contributed by atoms with Gasteiger partial charge in [-0.3, -0.25) is 9.78 Å². The van der Waals surface area contributed by atoms with Crippen LogP contribution in [0.5, 0.6) is 0 Å². The van der Waals surface area contributed by atoms with E-state index in [4.69, 9.17) is 4.52 Å². The lowest BCUT2D eigenvalue weighted by molar-refractivity contribution is 0.0787. The van der Waals surface area contributed by atoms with Crippen LogP contribution in [0.2, 0.25) is 0 Å². The summed E-state index contributed by atoms with van der Waals surface area (Å²) >= 11 is 0. The molecule has 6 heteroatoms. The summed E-state index contributed by atoms with van der Waals surface area (Å²) in [6, 6.07) is 13.9. The van der Waals surface area contributed by atoms with E-state index in [1.807, 2.05) is 42.2 Å². The Hall–Kier alpha value is -3.02. The van der Waals surface area contributed by atoms with Crippen LogP contribution in [0.4, 0.5) is 0 Å². The fourth-order valence-electron chi connectivity index (χ4n) is 3.50. The molecule has 3 heterocycles. The van der Waals surface area contributed by atoms with Crippen LogP contribution in [0, 0.1) is 13.8 Å². The molecule has 6 nitrogen and oxygen atoms in total. The van der Waals surface area contributed by atoms with Gasteiger partial charge in [0.15, 0.2) is 5.82 Å². The second-order valence-electron chi connectivity index (χ2n) is 6.70. The van der Waals surface area contributed by atoms with Crippen LogP contribution in [0.3, 0.4) is 0 Å². The number of hydrogen-bond donors (Lipinski definition) is 0. The van der Waals surface area contributed by atoms with Crippen LogP contribution in [-0.2, 0) is 0 Å². The van der Waals surface area contributed by atoms with Gasteiger partial charge < -0.3 is 9.42 Å². The Kier molecular flexibility index (Phi) is 4.24. The Morgan fingerprint density at radius 1 is 1.08 bits per heavy atom. The molecule has 1 amide bonds. The second-order valence-corrected chi connectivity index (χ2v) is 6.70. The molecule has 3 aromatic rings. The van der Waals surface area contributed by atoms with E-state index in [9.17, 15) is 4.79 Å². The number of pyridine rings is 1. The zero-order chi connectivity index (χ0) is 18.1. The number of carbonyl (C=O) groups excluding carboxylic acids is 1. The molecule has 4 rings (SSSR count). The molecule has 132 valence electrons. The van der Waals surface area contributed by atoms with Gasteiger partial charge in [0.2, 0.25) is 5.89 Å². The van der Waals surface area contributed by atoms with Gasteiger partial charge in [-0.05, 0) is 31.5 Å². The van der Waals surface area contributed by atoms with E-state index < -0.39 is 0 Å². The summed E-state index contributed by atoms with van der Waals surface area (Å²) in [6.07, 6.45) is 1.64. The van der Waals surface area contributed by atoms with Crippen molar-refractivity contribution in [2.75, 3.05) is 13.1 Å². The maximum absolute atomic E-state index is 12.9. The molecule has 0 unspecified atom stereocenters. The molecule has 0 radical (unpaired) electrons. The average Bonchev–Trinajstić information content (AvgIpc) is 3.29. The van der Waals surface area contributed by atoms with Crippen molar-refractivity contribution in [3.63, 3.8) is 0 Å². The van der Waals surface area contributed by atoms with E-state index in [-0.39, 0.29) is 17.7 Å². The molecule has 2 atom stereocenters. The van der Waals surface area contributed by atoms with E-state index in [2.05, 4.69) is 27.3 Å². The summed E-state index contributed by atoms with van der Waals surface area (Å²) in [4.78, 5) is 23.5. The summed E-state index contributed by atoms with van der Waals surface area (Å²) in [5.41, 5.74) is 2.67. The third kappa shape index (κ3) is 3.10. The lowest BCUT2D eigenvalue weighted by atomic mass is 9.89. The molecule has 26 heavy (non-hydrogen) atoms.